The van der Waals surface area contributed by atoms with Gasteiger partial charge in [-0.05, 0) is 19.8 Å². The molecule has 106 valence electrons. The first-order valence-electron chi connectivity index (χ1n) is 7.25. The summed E-state index contributed by atoms with van der Waals surface area (Å²) >= 11 is 0. The molecule has 0 bridgehead atoms. The minimum Gasteiger partial charge on any atom is -0.381 e. The number of nitrogens with one attached hydrogen (secondary N) is 2. The van der Waals surface area contributed by atoms with Gasteiger partial charge in [0.25, 0.3) is 0 Å². The van der Waals surface area contributed by atoms with Crippen molar-refractivity contribution >= 4 is 5.91 Å². The zero-order valence-corrected chi connectivity index (χ0v) is 11.8. The smallest absolute Gasteiger partial charge is 0.222 e. The Morgan fingerprint density at radius 2 is 1.89 bits per heavy atom. The predicted octanol–water partition coefficient (Wildman–Crippen LogP) is 1.84. The van der Waals surface area contributed by atoms with Crippen LogP contribution in [0.25, 0.3) is 0 Å². The Hall–Kier alpha value is -0.610. The van der Waals surface area contributed by atoms with Crippen LogP contribution in [0.15, 0.2) is 0 Å². The molecular formula is C14H28N2O2. The summed E-state index contributed by atoms with van der Waals surface area (Å²) in [6.07, 6.45) is 8.46. The molecule has 1 saturated carbocycles. The molecule has 1 aliphatic rings. The Kier molecular flexibility index (Phi) is 8.01. The molecule has 4 nitrogen and oxygen atoms in total. The standard InChI is InChI=1S/C14H28N2O2/c1-12(18-2)11-14(17)16-10-9-15-13-7-5-3-4-6-8-13/h12-13,15H,3-11H2,1-2H3,(H,16,17)/t12-/m1/s1. The van der Waals surface area contributed by atoms with E-state index in [-0.39, 0.29) is 12.0 Å². The molecule has 0 aromatic carbocycles. The number of carbonyl (C=O) groups excluding carboxylic acids is 1. The van der Waals surface area contributed by atoms with Crippen molar-refractivity contribution in [1.82, 2.24) is 10.6 Å². The van der Waals surface area contributed by atoms with Crippen molar-refractivity contribution in [3.63, 3.8) is 0 Å². The molecule has 1 amide bonds. The first kappa shape index (κ1) is 15.4. The predicted molar refractivity (Wildman–Crippen MR) is 73.6 cm³/mol. The maximum Gasteiger partial charge on any atom is 0.222 e. The average molecular weight is 256 g/mol. The molecule has 0 aromatic heterocycles. The number of hydrogen-bond acceptors (Lipinski definition) is 3. The number of hydrogen-bond donors (Lipinski definition) is 2. The quantitative estimate of drug-likeness (QED) is 0.540. The van der Waals surface area contributed by atoms with Crippen molar-refractivity contribution in [2.24, 2.45) is 0 Å². The van der Waals surface area contributed by atoms with Gasteiger partial charge in [-0.15, -0.1) is 0 Å². The topological polar surface area (TPSA) is 50.4 Å². The van der Waals surface area contributed by atoms with Crippen molar-refractivity contribution in [3.8, 4) is 0 Å². The van der Waals surface area contributed by atoms with E-state index in [1.807, 2.05) is 6.92 Å². The van der Waals surface area contributed by atoms with Crippen LogP contribution < -0.4 is 10.6 Å². The minimum atomic E-state index is -0.000170. The molecule has 0 aliphatic heterocycles. The maximum atomic E-state index is 11.5. The summed E-state index contributed by atoms with van der Waals surface area (Å²) in [7, 11) is 1.63. The highest BCUT2D eigenvalue weighted by Gasteiger charge is 2.11. The third-order valence-electron chi connectivity index (χ3n) is 3.61. The molecule has 4 heteroatoms. The number of methoxy groups -OCH3 is 1. The lowest BCUT2D eigenvalue weighted by molar-refractivity contribution is -0.123. The molecule has 0 heterocycles. The van der Waals surface area contributed by atoms with Gasteiger partial charge in [-0.25, -0.2) is 0 Å². The van der Waals surface area contributed by atoms with Gasteiger partial charge in [-0.2, -0.15) is 0 Å². The molecule has 1 atom stereocenters. The van der Waals surface area contributed by atoms with Crippen LogP contribution in [0.3, 0.4) is 0 Å². The van der Waals surface area contributed by atoms with E-state index in [1.165, 1.54) is 38.5 Å². The lowest BCUT2D eigenvalue weighted by Gasteiger charge is -2.16. The van der Waals surface area contributed by atoms with Gasteiger partial charge in [0.1, 0.15) is 0 Å². The van der Waals surface area contributed by atoms with Crippen molar-refractivity contribution in [3.05, 3.63) is 0 Å². The summed E-state index contributed by atoms with van der Waals surface area (Å²) in [4.78, 5) is 11.5. The molecule has 1 fully saturated rings. The minimum absolute atomic E-state index is 0.000170. The second-order valence-corrected chi connectivity index (χ2v) is 5.24. The number of carbonyl (C=O) groups is 1. The fourth-order valence-electron chi connectivity index (χ4n) is 2.38. The highest BCUT2D eigenvalue weighted by molar-refractivity contribution is 5.76. The molecule has 18 heavy (non-hydrogen) atoms. The van der Waals surface area contributed by atoms with Crippen LogP contribution in [-0.4, -0.2) is 38.3 Å². The van der Waals surface area contributed by atoms with Crippen LogP contribution in [0.5, 0.6) is 0 Å². The largest absolute Gasteiger partial charge is 0.381 e. The average Bonchev–Trinajstić information content (AvgIpc) is 2.63. The Bertz CT molecular complexity index is 226. The van der Waals surface area contributed by atoms with E-state index in [1.54, 1.807) is 7.11 Å². The van der Waals surface area contributed by atoms with E-state index in [2.05, 4.69) is 10.6 Å². The Morgan fingerprint density at radius 3 is 2.50 bits per heavy atom. The van der Waals surface area contributed by atoms with E-state index >= 15 is 0 Å². The van der Waals surface area contributed by atoms with Crippen molar-refractivity contribution in [2.45, 2.75) is 64.0 Å². The fraction of sp³-hybridized carbons (Fsp3) is 0.929. The molecular weight excluding hydrogens is 228 g/mol. The van der Waals surface area contributed by atoms with Crippen molar-refractivity contribution in [2.75, 3.05) is 20.2 Å². The summed E-state index contributed by atoms with van der Waals surface area (Å²) in [6.45, 7) is 3.49. The third kappa shape index (κ3) is 6.97. The van der Waals surface area contributed by atoms with Crippen LogP contribution in [-0.2, 0) is 9.53 Å². The molecule has 1 rings (SSSR count). The Labute approximate surface area is 111 Å². The third-order valence-corrected chi connectivity index (χ3v) is 3.61. The maximum absolute atomic E-state index is 11.5. The van der Waals surface area contributed by atoms with Crippen LogP contribution in [0.1, 0.15) is 51.9 Å². The summed E-state index contributed by atoms with van der Waals surface area (Å²) in [5.41, 5.74) is 0. The van der Waals surface area contributed by atoms with Crippen molar-refractivity contribution < 1.29 is 9.53 Å². The van der Waals surface area contributed by atoms with Gasteiger partial charge < -0.3 is 15.4 Å². The van der Waals surface area contributed by atoms with Gasteiger partial charge >= 0.3 is 0 Å². The highest BCUT2D eigenvalue weighted by Crippen LogP contribution is 2.16. The zero-order chi connectivity index (χ0) is 13.2. The highest BCUT2D eigenvalue weighted by atomic mass is 16.5. The first-order chi connectivity index (χ1) is 8.72. The SMILES string of the molecule is CO[C@H](C)CC(=O)NCCNC1CCCCCC1. The fourth-order valence-corrected chi connectivity index (χ4v) is 2.38. The number of rotatable bonds is 7. The normalized spacial score (nSPS) is 19.2. The molecule has 1 aliphatic carbocycles. The lowest BCUT2D eigenvalue weighted by Crippen LogP contribution is -2.37. The van der Waals surface area contributed by atoms with Crippen LogP contribution in [0, 0.1) is 0 Å². The zero-order valence-electron chi connectivity index (χ0n) is 11.8. The van der Waals surface area contributed by atoms with Crippen LogP contribution in [0.2, 0.25) is 0 Å². The summed E-state index contributed by atoms with van der Waals surface area (Å²) in [6, 6.07) is 0.655. The van der Waals surface area contributed by atoms with E-state index < -0.39 is 0 Å². The van der Waals surface area contributed by atoms with Gasteiger partial charge in [-0.1, -0.05) is 25.7 Å². The van der Waals surface area contributed by atoms with E-state index in [0.717, 1.165) is 6.54 Å². The first-order valence-corrected chi connectivity index (χ1v) is 7.25. The van der Waals surface area contributed by atoms with E-state index in [9.17, 15) is 4.79 Å². The Balaban J connectivity index is 2.01. The molecule has 2 N–H and O–H groups in total. The van der Waals surface area contributed by atoms with Gasteiger partial charge in [-0.3, -0.25) is 4.79 Å². The molecule has 0 saturated heterocycles. The summed E-state index contributed by atoms with van der Waals surface area (Å²) in [5, 5.41) is 6.46. The van der Waals surface area contributed by atoms with Gasteiger partial charge in [0.05, 0.1) is 12.5 Å². The molecule has 0 radical (unpaired) electrons. The number of amides is 1. The van der Waals surface area contributed by atoms with Crippen LogP contribution in [0.4, 0.5) is 0 Å². The summed E-state index contributed by atoms with van der Waals surface area (Å²) in [5.74, 6) is 0.0759. The van der Waals surface area contributed by atoms with E-state index in [0.29, 0.717) is 19.0 Å². The molecule has 0 unspecified atom stereocenters. The lowest BCUT2D eigenvalue weighted by atomic mass is 10.1. The molecule has 0 aromatic rings. The van der Waals surface area contributed by atoms with E-state index in [4.69, 9.17) is 4.74 Å². The van der Waals surface area contributed by atoms with Gasteiger partial charge in [0.2, 0.25) is 5.91 Å². The van der Waals surface area contributed by atoms with Gasteiger partial charge in [0, 0.05) is 26.2 Å². The van der Waals surface area contributed by atoms with Gasteiger partial charge in [0.15, 0.2) is 0 Å². The monoisotopic (exact) mass is 256 g/mol. The second-order valence-electron chi connectivity index (χ2n) is 5.24. The second kappa shape index (κ2) is 9.34. The molecule has 0 spiro atoms. The van der Waals surface area contributed by atoms with Crippen molar-refractivity contribution in [1.29, 1.82) is 0 Å². The summed E-state index contributed by atoms with van der Waals surface area (Å²) < 4.78 is 5.06. The van der Waals surface area contributed by atoms with Crippen LogP contribution >= 0.6 is 0 Å². The number of ether oxygens (including phenoxy) is 1. The Morgan fingerprint density at radius 1 is 1.22 bits per heavy atom.